The number of benzene rings is 1. The Morgan fingerprint density at radius 2 is 2.04 bits per heavy atom. The van der Waals surface area contributed by atoms with Gasteiger partial charge in [0.15, 0.2) is 18.1 Å². The predicted octanol–water partition coefficient (Wildman–Crippen LogP) is 2.07. The molecule has 0 atom stereocenters. The number of urea groups is 1. The van der Waals surface area contributed by atoms with Crippen LogP contribution in [0.2, 0.25) is 0 Å². The summed E-state index contributed by atoms with van der Waals surface area (Å²) < 4.78 is 11.4. The highest BCUT2D eigenvalue weighted by molar-refractivity contribution is 14.1. The van der Waals surface area contributed by atoms with Gasteiger partial charge in [0.1, 0.15) is 5.70 Å². The van der Waals surface area contributed by atoms with Crippen LogP contribution >= 0.6 is 22.6 Å². The van der Waals surface area contributed by atoms with E-state index in [9.17, 15) is 14.4 Å². The lowest BCUT2D eigenvalue weighted by atomic mass is 10.1. The zero-order valence-electron chi connectivity index (χ0n) is 13.7. The minimum atomic E-state index is -1.09. The van der Waals surface area contributed by atoms with Crippen molar-refractivity contribution in [3.05, 3.63) is 27.0 Å². The van der Waals surface area contributed by atoms with Crippen LogP contribution in [0, 0.1) is 3.57 Å². The first-order valence-corrected chi connectivity index (χ1v) is 8.60. The van der Waals surface area contributed by atoms with Gasteiger partial charge in [0.2, 0.25) is 0 Å². The fourth-order valence-electron chi connectivity index (χ4n) is 2.23. The third-order valence-electron chi connectivity index (χ3n) is 3.26. The molecular formula is C16H17IN2O6. The normalized spacial score (nSPS) is 15.5. The molecule has 0 bridgehead atoms. The van der Waals surface area contributed by atoms with Crippen molar-refractivity contribution in [3.63, 3.8) is 0 Å². The van der Waals surface area contributed by atoms with E-state index < -0.39 is 24.5 Å². The number of halogens is 1. The van der Waals surface area contributed by atoms with Crippen molar-refractivity contribution in [1.29, 1.82) is 0 Å². The van der Waals surface area contributed by atoms with Gasteiger partial charge < -0.3 is 19.9 Å². The second-order valence-electron chi connectivity index (χ2n) is 4.98. The maximum absolute atomic E-state index is 12.1. The molecule has 0 radical (unpaired) electrons. The number of nitrogens with zero attached hydrogens (tertiary/aromatic N) is 1. The number of ether oxygens (including phenoxy) is 2. The summed E-state index contributed by atoms with van der Waals surface area (Å²) in [5.41, 5.74) is 0.793. The van der Waals surface area contributed by atoms with Gasteiger partial charge >= 0.3 is 12.0 Å². The second-order valence-corrected chi connectivity index (χ2v) is 6.15. The molecule has 1 saturated heterocycles. The standard InChI is InChI=1S/C16H17IN2O6/c1-3-19-15(22)11(18-16(19)23)6-9-5-10(17)14(25-8-13(20)21)12(7-9)24-4-2/h5-7H,3-4,8H2,1-2H3,(H,18,23)(H,20,21)/b11-6+. The number of carboxylic acids is 1. The molecule has 0 aromatic heterocycles. The first kappa shape index (κ1) is 19.0. The molecule has 1 aliphatic heterocycles. The molecule has 1 aromatic carbocycles. The zero-order chi connectivity index (χ0) is 18.6. The van der Waals surface area contributed by atoms with Crippen molar-refractivity contribution >= 4 is 46.6 Å². The highest BCUT2D eigenvalue weighted by Gasteiger charge is 2.32. The molecule has 0 aliphatic carbocycles. The van der Waals surface area contributed by atoms with E-state index in [0.29, 0.717) is 27.2 Å². The number of carbonyl (C=O) groups excluding carboxylic acids is 2. The average molecular weight is 460 g/mol. The van der Waals surface area contributed by atoms with Crippen LogP contribution in [-0.4, -0.2) is 47.7 Å². The van der Waals surface area contributed by atoms with Gasteiger partial charge in [-0.05, 0) is 60.2 Å². The minimum absolute atomic E-state index is 0.171. The lowest BCUT2D eigenvalue weighted by Gasteiger charge is -2.13. The van der Waals surface area contributed by atoms with Crippen molar-refractivity contribution in [2.45, 2.75) is 13.8 Å². The van der Waals surface area contributed by atoms with E-state index in [1.165, 1.54) is 0 Å². The van der Waals surface area contributed by atoms with Crippen LogP contribution in [0.5, 0.6) is 11.5 Å². The molecule has 1 heterocycles. The van der Waals surface area contributed by atoms with Crippen LogP contribution in [-0.2, 0) is 9.59 Å². The number of hydrogen-bond donors (Lipinski definition) is 2. The summed E-state index contributed by atoms with van der Waals surface area (Å²) in [6.45, 7) is 3.66. The lowest BCUT2D eigenvalue weighted by molar-refractivity contribution is -0.139. The van der Waals surface area contributed by atoms with Crippen LogP contribution in [0.1, 0.15) is 19.4 Å². The van der Waals surface area contributed by atoms with Gasteiger partial charge in [0, 0.05) is 6.54 Å². The summed E-state index contributed by atoms with van der Waals surface area (Å²) in [4.78, 5) is 35.7. The summed E-state index contributed by atoms with van der Waals surface area (Å²) in [7, 11) is 0. The number of likely N-dealkylation sites (N-methyl/N-ethyl adjacent to an activating group) is 1. The smallest absolute Gasteiger partial charge is 0.341 e. The molecule has 25 heavy (non-hydrogen) atoms. The Kier molecular flexibility index (Phi) is 6.23. The minimum Gasteiger partial charge on any atom is -0.490 e. The van der Waals surface area contributed by atoms with E-state index in [1.54, 1.807) is 32.1 Å². The fraction of sp³-hybridized carbons (Fsp3) is 0.312. The monoisotopic (exact) mass is 460 g/mol. The van der Waals surface area contributed by atoms with E-state index in [0.717, 1.165) is 4.90 Å². The highest BCUT2D eigenvalue weighted by Crippen LogP contribution is 2.35. The highest BCUT2D eigenvalue weighted by atomic mass is 127. The zero-order valence-corrected chi connectivity index (χ0v) is 15.8. The number of hydrogen-bond acceptors (Lipinski definition) is 5. The van der Waals surface area contributed by atoms with Crippen molar-refractivity contribution in [1.82, 2.24) is 10.2 Å². The van der Waals surface area contributed by atoms with E-state index in [4.69, 9.17) is 14.6 Å². The fourth-order valence-corrected chi connectivity index (χ4v) is 3.01. The van der Waals surface area contributed by atoms with Crippen LogP contribution in [0.4, 0.5) is 4.79 Å². The van der Waals surface area contributed by atoms with Crippen molar-refractivity contribution in [3.8, 4) is 11.5 Å². The van der Waals surface area contributed by atoms with E-state index >= 15 is 0 Å². The molecule has 2 N–H and O–H groups in total. The number of aliphatic carboxylic acids is 1. The summed E-state index contributed by atoms with van der Waals surface area (Å²) >= 11 is 2.00. The molecule has 1 aliphatic rings. The first-order chi connectivity index (χ1) is 11.9. The first-order valence-electron chi connectivity index (χ1n) is 7.52. The Morgan fingerprint density at radius 3 is 2.60 bits per heavy atom. The molecule has 3 amide bonds. The molecule has 9 heteroatoms. The van der Waals surface area contributed by atoms with Gasteiger partial charge in [-0.3, -0.25) is 9.69 Å². The molecule has 1 aromatic rings. The largest absolute Gasteiger partial charge is 0.490 e. The van der Waals surface area contributed by atoms with Crippen LogP contribution in [0.15, 0.2) is 17.8 Å². The molecular weight excluding hydrogens is 443 g/mol. The Bertz CT molecular complexity index is 746. The summed E-state index contributed by atoms with van der Waals surface area (Å²) in [6, 6.07) is 2.88. The predicted molar refractivity (Wildman–Crippen MR) is 97.4 cm³/mol. The quantitative estimate of drug-likeness (QED) is 0.367. The SMILES string of the molecule is CCOc1cc(/C=C2/NC(=O)N(CC)C2=O)cc(I)c1OCC(=O)O. The topological polar surface area (TPSA) is 105 Å². The van der Waals surface area contributed by atoms with Crippen molar-refractivity contribution < 1.29 is 29.0 Å². The van der Waals surface area contributed by atoms with Gasteiger partial charge in [-0.25, -0.2) is 9.59 Å². The summed E-state index contributed by atoms with van der Waals surface area (Å²) in [6.07, 6.45) is 1.54. The molecule has 134 valence electrons. The van der Waals surface area contributed by atoms with Gasteiger partial charge in [0.05, 0.1) is 10.2 Å². The molecule has 0 spiro atoms. The number of amides is 3. The van der Waals surface area contributed by atoms with Gasteiger partial charge in [-0.15, -0.1) is 0 Å². The van der Waals surface area contributed by atoms with Crippen molar-refractivity contribution in [2.24, 2.45) is 0 Å². The Labute approximate surface area is 157 Å². The second kappa shape index (κ2) is 8.19. The number of imide groups is 1. The van der Waals surface area contributed by atoms with Crippen LogP contribution in [0.3, 0.4) is 0 Å². The Hall–Kier alpha value is -2.30. The van der Waals surface area contributed by atoms with Crippen molar-refractivity contribution in [2.75, 3.05) is 19.8 Å². The van der Waals surface area contributed by atoms with Gasteiger partial charge in [-0.1, -0.05) is 0 Å². The molecule has 8 nitrogen and oxygen atoms in total. The van der Waals surface area contributed by atoms with Gasteiger partial charge in [-0.2, -0.15) is 0 Å². The molecule has 1 fully saturated rings. The van der Waals surface area contributed by atoms with Gasteiger partial charge in [0.25, 0.3) is 5.91 Å². The van der Waals surface area contributed by atoms with E-state index in [2.05, 4.69) is 5.32 Å². The third kappa shape index (κ3) is 4.41. The summed E-state index contributed by atoms with van der Waals surface area (Å²) in [5, 5.41) is 11.3. The number of nitrogens with one attached hydrogen (secondary N) is 1. The Morgan fingerprint density at radius 1 is 1.32 bits per heavy atom. The molecule has 2 rings (SSSR count). The number of carbonyl (C=O) groups is 3. The van der Waals surface area contributed by atoms with Crippen LogP contribution < -0.4 is 14.8 Å². The maximum atomic E-state index is 12.1. The van der Waals surface area contributed by atoms with Crippen LogP contribution in [0.25, 0.3) is 6.08 Å². The molecule has 0 saturated carbocycles. The summed E-state index contributed by atoms with van der Waals surface area (Å²) in [5.74, 6) is -0.800. The molecule has 0 unspecified atom stereocenters. The number of carboxylic acid groups (broad SMARTS) is 1. The van der Waals surface area contributed by atoms with E-state index in [1.807, 2.05) is 22.6 Å². The van der Waals surface area contributed by atoms with E-state index in [-0.39, 0.29) is 12.2 Å². The number of rotatable bonds is 7. The maximum Gasteiger partial charge on any atom is 0.341 e. The Balaban J connectivity index is 2.36. The third-order valence-corrected chi connectivity index (χ3v) is 4.06. The lowest BCUT2D eigenvalue weighted by Crippen LogP contribution is -2.30. The average Bonchev–Trinajstić information content (AvgIpc) is 2.80.